The van der Waals surface area contributed by atoms with Crippen LogP contribution in [0, 0.1) is 0 Å². The molecule has 112 valence electrons. The molecule has 0 saturated carbocycles. The van der Waals surface area contributed by atoms with Crippen molar-refractivity contribution >= 4 is 5.69 Å². The summed E-state index contributed by atoms with van der Waals surface area (Å²) >= 11 is 0. The molecule has 1 atom stereocenters. The topological polar surface area (TPSA) is 58.7 Å². The number of benzene rings is 2. The Hall–Kier alpha value is -2.04. The first-order valence-electron chi connectivity index (χ1n) is 6.92. The van der Waals surface area contributed by atoms with Crippen molar-refractivity contribution in [3.63, 3.8) is 0 Å². The van der Waals surface area contributed by atoms with Crippen molar-refractivity contribution in [3.8, 4) is 5.75 Å². The molecule has 0 bridgehead atoms. The summed E-state index contributed by atoms with van der Waals surface area (Å²) in [4.78, 5) is 1.99. The quantitative estimate of drug-likeness (QED) is 0.852. The van der Waals surface area contributed by atoms with E-state index in [1.165, 1.54) is 0 Å². The summed E-state index contributed by atoms with van der Waals surface area (Å²) in [5.41, 5.74) is 6.57. The van der Waals surface area contributed by atoms with Crippen LogP contribution >= 0.6 is 0 Å². The van der Waals surface area contributed by atoms with Crippen molar-refractivity contribution in [1.82, 2.24) is 0 Å². The summed E-state index contributed by atoms with van der Waals surface area (Å²) in [6.07, 6.45) is 0. The summed E-state index contributed by atoms with van der Waals surface area (Å²) in [6, 6.07) is 17.2. The largest absolute Gasteiger partial charge is 0.497 e. The molecule has 0 aliphatic rings. The zero-order valence-electron chi connectivity index (χ0n) is 12.5. The SMILES string of the molecule is COc1ccc(N(C)CC(O)(CN)c2ccccc2)cc1. The van der Waals surface area contributed by atoms with Gasteiger partial charge in [-0.1, -0.05) is 30.3 Å². The summed E-state index contributed by atoms with van der Waals surface area (Å²) in [6.45, 7) is 0.581. The van der Waals surface area contributed by atoms with Crippen molar-refractivity contribution < 1.29 is 9.84 Å². The summed E-state index contributed by atoms with van der Waals surface area (Å²) in [5.74, 6) is 0.810. The van der Waals surface area contributed by atoms with Gasteiger partial charge in [-0.15, -0.1) is 0 Å². The van der Waals surface area contributed by atoms with Crippen molar-refractivity contribution in [2.45, 2.75) is 5.60 Å². The molecule has 2 aromatic rings. The van der Waals surface area contributed by atoms with Crippen LogP contribution in [0.25, 0.3) is 0 Å². The van der Waals surface area contributed by atoms with Gasteiger partial charge < -0.3 is 20.5 Å². The van der Waals surface area contributed by atoms with Crippen LogP contribution in [0.2, 0.25) is 0 Å². The molecule has 0 aromatic heterocycles. The molecule has 0 amide bonds. The van der Waals surface area contributed by atoms with Gasteiger partial charge in [-0.25, -0.2) is 0 Å². The van der Waals surface area contributed by atoms with Gasteiger partial charge in [-0.2, -0.15) is 0 Å². The molecule has 0 radical (unpaired) electrons. The summed E-state index contributed by atoms with van der Waals surface area (Å²) in [7, 11) is 3.58. The van der Waals surface area contributed by atoms with Crippen LogP contribution in [-0.4, -0.2) is 32.4 Å². The van der Waals surface area contributed by atoms with Gasteiger partial charge in [0.15, 0.2) is 0 Å². The second-order valence-corrected chi connectivity index (χ2v) is 5.16. The Morgan fingerprint density at radius 1 is 1.10 bits per heavy atom. The van der Waals surface area contributed by atoms with E-state index in [9.17, 15) is 5.11 Å². The van der Waals surface area contributed by atoms with Crippen molar-refractivity contribution in [2.75, 3.05) is 32.1 Å². The molecule has 0 fully saturated rings. The Bertz CT molecular complexity index is 557. The van der Waals surface area contributed by atoms with Crippen molar-refractivity contribution in [3.05, 3.63) is 60.2 Å². The number of ether oxygens (including phenoxy) is 1. The molecule has 0 aliphatic heterocycles. The van der Waals surface area contributed by atoms with E-state index in [1.807, 2.05) is 66.5 Å². The Morgan fingerprint density at radius 2 is 1.71 bits per heavy atom. The van der Waals surface area contributed by atoms with Crippen LogP contribution in [0.3, 0.4) is 0 Å². The molecule has 0 heterocycles. The maximum absolute atomic E-state index is 10.8. The minimum Gasteiger partial charge on any atom is -0.497 e. The summed E-state index contributed by atoms with van der Waals surface area (Å²) < 4.78 is 5.15. The predicted octanol–water partition coefficient (Wildman–Crippen LogP) is 1.98. The molecule has 2 rings (SSSR count). The number of hydrogen-bond donors (Lipinski definition) is 2. The van der Waals surface area contributed by atoms with Gasteiger partial charge >= 0.3 is 0 Å². The van der Waals surface area contributed by atoms with Gasteiger partial charge in [-0.3, -0.25) is 0 Å². The number of nitrogens with two attached hydrogens (primary N) is 1. The third-order valence-corrected chi connectivity index (χ3v) is 3.66. The number of methoxy groups -OCH3 is 1. The van der Waals surface area contributed by atoms with E-state index in [0.29, 0.717) is 6.54 Å². The maximum atomic E-state index is 10.8. The van der Waals surface area contributed by atoms with Crippen LogP contribution < -0.4 is 15.4 Å². The lowest BCUT2D eigenvalue weighted by atomic mass is 9.93. The van der Waals surface area contributed by atoms with Crippen molar-refractivity contribution in [1.29, 1.82) is 0 Å². The minimum atomic E-state index is -1.07. The smallest absolute Gasteiger partial charge is 0.119 e. The molecule has 4 heteroatoms. The van der Waals surface area contributed by atoms with E-state index in [2.05, 4.69) is 0 Å². The Labute approximate surface area is 125 Å². The lowest BCUT2D eigenvalue weighted by molar-refractivity contribution is 0.0543. The lowest BCUT2D eigenvalue weighted by Crippen LogP contribution is -2.45. The van der Waals surface area contributed by atoms with E-state index in [1.54, 1.807) is 7.11 Å². The molecule has 21 heavy (non-hydrogen) atoms. The van der Waals surface area contributed by atoms with Gasteiger partial charge in [-0.05, 0) is 29.8 Å². The average molecular weight is 286 g/mol. The molecule has 4 nitrogen and oxygen atoms in total. The molecular weight excluding hydrogens is 264 g/mol. The van der Waals surface area contributed by atoms with Crippen LogP contribution in [0.5, 0.6) is 5.75 Å². The summed E-state index contributed by atoms with van der Waals surface area (Å²) in [5, 5.41) is 10.8. The molecule has 1 unspecified atom stereocenters. The Balaban J connectivity index is 2.17. The lowest BCUT2D eigenvalue weighted by Gasteiger charge is -2.33. The predicted molar refractivity (Wildman–Crippen MR) is 85.7 cm³/mol. The average Bonchev–Trinajstić information content (AvgIpc) is 2.55. The van der Waals surface area contributed by atoms with Gasteiger partial charge in [0.25, 0.3) is 0 Å². The third-order valence-electron chi connectivity index (χ3n) is 3.66. The number of aliphatic hydroxyl groups is 1. The molecule has 0 spiro atoms. The van der Waals surface area contributed by atoms with E-state index in [-0.39, 0.29) is 6.54 Å². The van der Waals surface area contributed by atoms with Crippen LogP contribution in [0.4, 0.5) is 5.69 Å². The van der Waals surface area contributed by atoms with Crippen molar-refractivity contribution in [2.24, 2.45) is 5.73 Å². The van der Waals surface area contributed by atoms with Crippen LogP contribution in [0.15, 0.2) is 54.6 Å². The number of likely N-dealkylation sites (N-methyl/N-ethyl adjacent to an activating group) is 1. The highest BCUT2D eigenvalue weighted by atomic mass is 16.5. The van der Waals surface area contributed by atoms with E-state index >= 15 is 0 Å². The first-order chi connectivity index (χ1) is 10.1. The fourth-order valence-electron chi connectivity index (χ4n) is 2.34. The molecule has 2 aromatic carbocycles. The monoisotopic (exact) mass is 286 g/mol. The van der Waals surface area contributed by atoms with Crippen LogP contribution in [0.1, 0.15) is 5.56 Å². The molecule has 0 saturated heterocycles. The van der Waals surface area contributed by atoms with Gasteiger partial charge in [0.2, 0.25) is 0 Å². The molecular formula is C17H22N2O2. The Kier molecular flexibility index (Phi) is 4.83. The fraction of sp³-hybridized carbons (Fsp3) is 0.294. The highest BCUT2D eigenvalue weighted by molar-refractivity contribution is 5.49. The van der Waals surface area contributed by atoms with Gasteiger partial charge in [0, 0.05) is 19.3 Å². The van der Waals surface area contributed by atoms with E-state index < -0.39 is 5.60 Å². The fourth-order valence-corrected chi connectivity index (χ4v) is 2.34. The zero-order valence-corrected chi connectivity index (χ0v) is 12.5. The van der Waals surface area contributed by atoms with Crippen LogP contribution in [-0.2, 0) is 5.60 Å². The molecule has 0 aliphatic carbocycles. The zero-order chi connectivity index (χ0) is 15.3. The minimum absolute atomic E-state index is 0.164. The van der Waals surface area contributed by atoms with E-state index in [0.717, 1.165) is 17.0 Å². The first-order valence-corrected chi connectivity index (χ1v) is 6.92. The third kappa shape index (κ3) is 3.54. The van der Waals surface area contributed by atoms with E-state index in [4.69, 9.17) is 10.5 Å². The van der Waals surface area contributed by atoms with Gasteiger partial charge in [0.05, 0.1) is 13.7 Å². The first kappa shape index (κ1) is 15.4. The number of nitrogens with zero attached hydrogens (tertiary/aromatic N) is 1. The number of anilines is 1. The maximum Gasteiger partial charge on any atom is 0.119 e. The highest BCUT2D eigenvalue weighted by Crippen LogP contribution is 2.25. The highest BCUT2D eigenvalue weighted by Gasteiger charge is 2.29. The number of hydrogen-bond acceptors (Lipinski definition) is 4. The number of rotatable bonds is 6. The standard InChI is InChI=1S/C17H22N2O2/c1-19(15-8-10-16(21-2)11-9-15)13-17(20,12-18)14-6-4-3-5-7-14/h3-11,20H,12-13,18H2,1-2H3. The Morgan fingerprint density at radius 3 is 2.24 bits per heavy atom. The second-order valence-electron chi connectivity index (χ2n) is 5.16. The molecule has 3 N–H and O–H groups in total. The second kappa shape index (κ2) is 6.61. The normalized spacial score (nSPS) is 13.5. The van der Waals surface area contributed by atoms with Gasteiger partial charge in [0.1, 0.15) is 11.4 Å².